The molecule has 1 aliphatic heterocycles. The molecule has 2 aromatic heterocycles. The van der Waals surface area contributed by atoms with E-state index in [1.54, 1.807) is 12.4 Å². The van der Waals surface area contributed by atoms with E-state index in [0.717, 1.165) is 37.1 Å². The van der Waals surface area contributed by atoms with Crippen molar-refractivity contribution in [2.45, 2.75) is 25.8 Å². The largest absolute Gasteiger partial charge is 0.381 e. The zero-order valence-electron chi connectivity index (χ0n) is 9.77. The maximum atomic E-state index is 11.7. The summed E-state index contributed by atoms with van der Waals surface area (Å²) in [6, 6.07) is 0.349. The second-order valence-corrected chi connectivity index (χ2v) is 4.50. The van der Waals surface area contributed by atoms with Crippen LogP contribution in [0.2, 0.25) is 0 Å². The van der Waals surface area contributed by atoms with E-state index in [2.05, 4.69) is 10.1 Å². The Hall–Kier alpha value is -1.62. The van der Waals surface area contributed by atoms with Crippen molar-refractivity contribution in [1.29, 1.82) is 0 Å². The van der Waals surface area contributed by atoms with Crippen LogP contribution in [0.15, 0.2) is 17.2 Å². The summed E-state index contributed by atoms with van der Waals surface area (Å²) in [5.41, 5.74) is 1.95. The highest BCUT2D eigenvalue weighted by Gasteiger charge is 2.19. The van der Waals surface area contributed by atoms with Crippen molar-refractivity contribution in [2.24, 2.45) is 0 Å². The van der Waals surface area contributed by atoms with Crippen LogP contribution in [-0.2, 0) is 4.74 Å². The van der Waals surface area contributed by atoms with Crippen LogP contribution >= 0.6 is 0 Å². The molecule has 0 bridgehead atoms. The predicted molar refractivity (Wildman–Crippen MR) is 64.2 cm³/mol. The third-order valence-corrected chi connectivity index (χ3v) is 3.37. The minimum Gasteiger partial charge on any atom is -0.381 e. The minimum atomic E-state index is -0.0658. The average Bonchev–Trinajstić information content (AvgIpc) is 2.81. The molecule has 3 rings (SSSR count). The first-order valence-corrected chi connectivity index (χ1v) is 5.90. The van der Waals surface area contributed by atoms with Gasteiger partial charge in [0.2, 0.25) is 0 Å². The molecule has 0 radical (unpaired) electrons. The lowest BCUT2D eigenvalue weighted by molar-refractivity contribution is 0.0674. The number of aromatic amines is 1. The molecule has 90 valence electrons. The lowest BCUT2D eigenvalue weighted by atomic mass is 10.1. The second kappa shape index (κ2) is 4.00. The fourth-order valence-electron chi connectivity index (χ4n) is 2.45. The number of nitrogens with zero attached hydrogens (tertiary/aromatic N) is 2. The van der Waals surface area contributed by atoms with Crippen molar-refractivity contribution >= 4 is 10.9 Å². The summed E-state index contributed by atoms with van der Waals surface area (Å²) >= 11 is 0. The molecule has 0 saturated carbocycles. The minimum absolute atomic E-state index is 0.0658. The standard InChI is InChI=1S/C12H15N3O2/c1-8-6-13-12(16)10-7-14-15(11(8)10)9-2-4-17-5-3-9/h6-7,9H,2-5H2,1H3,(H,13,16). The topological polar surface area (TPSA) is 59.9 Å². The number of pyridine rings is 1. The van der Waals surface area contributed by atoms with Crippen LogP contribution in [0.1, 0.15) is 24.4 Å². The van der Waals surface area contributed by atoms with Crippen molar-refractivity contribution in [3.05, 3.63) is 28.3 Å². The predicted octanol–water partition coefficient (Wildman–Crippen LogP) is 1.38. The Bertz CT molecular complexity index is 593. The van der Waals surface area contributed by atoms with Gasteiger partial charge in [-0.25, -0.2) is 0 Å². The van der Waals surface area contributed by atoms with Gasteiger partial charge in [-0.2, -0.15) is 5.10 Å². The van der Waals surface area contributed by atoms with Crippen LogP contribution < -0.4 is 5.56 Å². The van der Waals surface area contributed by atoms with Gasteiger partial charge in [0.15, 0.2) is 0 Å². The first-order chi connectivity index (χ1) is 8.27. The van der Waals surface area contributed by atoms with Gasteiger partial charge in [-0.1, -0.05) is 0 Å². The lowest BCUT2D eigenvalue weighted by Gasteiger charge is -2.23. The molecule has 5 nitrogen and oxygen atoms in total. The maximum absolute atomic E-state index is 11.7. The molecule has 1 N–H and O–H groups in total. The Kier molecular flexibility index (Phi) is 2.48. The molecule has 3 heterocycles. The van der Waals surface area contributed by atoms with Crippen LogP contribution in [0.3, 0.4) is 0 Å². The Morgan fingerprint density at radius 1 is 1.47 bits per heavy atom. The molecule has 0 spiro atoms. The van der Waals surface area contributed by atoms with Gasteiger partial charge < -0.3 is 9.72 Å². The van der Waals surface area contributed by atoms with Crippen LogP contribution in [0.4, 0.5) is 0 Å². The highest BCUT2D eigenvalue weighted by molar-refractivity contribution is 5.80. The monoisotopic (exact) mass is 233 g/mol. The van der Waals surface area contributed by atoms with E-state index in [0.29, 0.717) is 11.4 Å². The summed E-state index contributed by atoms with van der Waals surface area (Å²) in [4.78, 5) is 14.4. The summed E-state index contributed by atoms with van der Waals surface area (Å²) in [6.07, 6.45) is 5.34. The molecule has 1 aliphatic rings. The number of fused-ring (bicyclic) bond motifs is 1. The fraction of sp³-hybridized carbons (Fsp3) is 0.500. The summed E-state index contributed by atoms with van der Waals surface area (Å²) in [5.74, 6) is 0. The number of aromatic nitrogens is 3. The average molecular weight is 233 g/mol. The van der Waals surface area contributed by atoms with Gasteiger partial charge in [0.1, 0.15) is 0 Å². The molecular weight excluding hydrogens is 218 g/mol. The van der Waals surface area contributed by atoms with E-state index >= 15 is 0 Å². The fourth-order valence-corrected chi connectivity index (χ4v) is 2.45. The van der Waals surface area contributed by atoms with Gasteiger partial charge in [-0.15, -0.1) is 0 Å². The van der Waals surface area contributed by atoms with E-state index in [-0.39, 0.29) is 5.56 Å². The molecular formula is C12H15N3O2. The SMILES string of the molecule is Cc1c[nH]c(=O)c2cnn(C3CCOCC3)c12. The summed E-state index contributed by atoms with van der Waals surface area (Å²) in [7, 11) is 0. The normalized spacial score (nSPS) is 17.7. The number of rotatable bonds is 1. The van der Waals surface area contributed by atoms with Crippen LogP contribution in [0.25, 0.3) is 10.9 Å². The highest BCUT2D eigenvalue weighted by atomic mass is 16.5. The Balaban J connectivity index is 2.16. The van der Waals surface area contributed by atoms with Crippen LogP contribution in [0.5, 0.6) is 0 Å². The number of hydrogen-bond donors (Lipinski definition) is 1. The van der Waals surface area contributed by atoms with E-state index in [9.17, 15) is 4.79 Å². The highest BCUT2D eigenvalue weighted by Crippen LogP contribution is 2.25. The third kappa shape index (κ3) is 1.67. The van der Waals surface area contributed by atoms with Gasteiger partial charge in [0, 0.05) is 19.4 Å². The molecule has 1 fully saturated rings. The van der Waals surface area contributed by atoms with Crippen molar-refractivity contribution < 1.29 is 4.74 Å². The van der Waals surface area contributed by atoms with Crippen LogP contribution in [-0.4, -0.2) is 28.0 Å². The summed E-state index contributed by atoms with van der Waals surface area (Å²) < 4.78 is 7.34. The molecule has 0 aromatic carbocycles. The van der Waals surface area contributed by atoms with Gasteiger partial charge in [-0.05, 0) is 25.3 Å². The van der Waals surface area contributed by atoms with E-state index in [1.807, 2.05) is 11.6 Å². The number of ether oxygens (including phenoxy) is 1. The quantitative estimate of drug-likeness (QED) is 0.809. The molecule has 5 heteroatoms. The number of aryl methyl sites for hydroxylation is 1. The molecule has 0 aliphatic carbocycles. The van der Waals surface area contributed by atoms with Gasteiger partial charge in [-0.3, -0.25) is 9.48 Å². The molecule has 0 atom stereocenters. The van der Waals surface area contributed by atoms with Crippen molar-refractivity contribution in [2.75, 3.05) is 13.2 Å². The number of hydrogen-bond acceptors (Lipinski definition) is 3. The molecule has 0 amide bonds. The zero-order valence-corrected chi connectivity index (χ0v) is 9.77. The van der Waals surface area contributed by atoms with Crippen LogP contribution in [0, 0.1) is 6.92 Å². The lowest BCUT2D eigenvalue weighted by Crippen LogP contribution is -2.21. The maximum Gasteiger partial charge on any atom is 0.259 e. The number of H-pyrrole nitrogens is 1. The van der Waals surface area contributed by atoms with Gasteiger partial charge >= 0.3 is 0 Å². The molecule has 0 unspecified atom stereocenters. The van der Waals surface area contributed by atoms with Gasteiger partial charge in [0.05, 0.1) is 23.1 Å². The molecule has 1 saturated heterocycles. The van der Waals surface area contributed by atoms with E-state index in [1.165, 1.54) is 0 Å². The smallest absolute Gasteiger partial charge is 0.259 e. The van der Waals surface area contributed by atoms with Gasteiger partial charge in [0.25, 0.3) is 5.56 Å². The number of nitrogens with one attached hydrogen (secondary N) is 1. The Morgan fingerprint density at radius 3 is 3.00 bits per heavy atom. The first-order valence-electron chi connectivity index (χ1n) is 5.90. The van der Waals surface area contributed by atoms with Crippen molar-refractivity contribution in [3.63, 3.8) is 0 Å². The molecule has 17 heavy (non-hydrogen) atoms. The van der Waals surface area contributed by atoms with Crippen molar-refractivity contribution in [1.82, 2.24) is 14.8 Å². The summed E-state index contributed by atoms with van der Waals surface area (Å²) in [6.45, 7) is 3.54. The molecule has 2 aromatic rings. The third-order valence-electron chi connectivity index (χ3n) is 3.37. The summed E-state index contributed by atoms with van der Waals surface area (Å²) in [5, 5.41) is 5.06. The Morgan fingerprint density at radius 2 is 2.24 bits per heavy atom. The van der Waals surface area contributed by atoms with Crippen molar-refractivity contribution in [3.8, 4) is 0 Å². The first kappa shape index (κ1) is 10.5. The second-order valence-electron chi connectivity index (χ2n) is 4.50. The Labute approximate surface area is 98.4 Å². The van der Waals surface area contributed by atoms with E-state index in [4.69, 9.17) is 4.74 Å². The zero-order chi connectivity index (χ0) is 11.8. The van der Waals surface area contributed by atoms with E-state index < -0.39 is 0 Å².